The number of hydrogen-bond acceptors (Lipinski definition) is 4. The first-order chi connectivity index (χ1) is 11.9. The molecule has 0 N–H and O–H groups in total. The van der Waals surface area contributed by atoms with Crippen LogP contribution >= 0.6 is 0 Å². The van der Waals surface area contributed by atoms with Crippen LogP contribution in [0.15, 0.2) is 24.3 Å². The summed E-state index contributed by atoms with van der Waals surface area (Å²) >= 11 is 0. The lowest BCUT2D eigenvalue weighted by Crippen LogP contribution is -2.50. The van der Waals surface area contributed by atoms with Crippen molar-refractivity contribution >= 4 is 6.09 Å². The predicted molar refractivity (Wildman–Crippen MR) is 95.7 cm³/mol. The predicted octanol–water partition coefficient (Wildman–Crippen LogP) is 4.14. The van der Waals surface area contributed by atoms with Crippen molar-refractivity contribution in [3.8, 4) is 5.75 Å². The third kappa shape index (κ3) is 4.46. The number of hydrogen-bond donors (Lipinski definition) is 0. The SMILES string of the molecule is COCc1cccc(O[C@H]2C[C@H]3CC[C@@H](C2)N3C(=O)OC(C)(C)C)c1. The van der Waals surface area contributed by atoms with Crippen LogP contribution in [0.25, 0.3) is 0 Å². The molecule has 3 rings (SSSR count). The van der Waals surface area contributed by atoms with Crippen molar-refractivity contribution in [1.29, 1.82) is 0 Å². The average molecular weight is 347 g/mol. The van der Waals surface area contributed by atoms with Crippen LogP contribution in [-0.2, 0) is 16.1 Å². The van der Waals surface area contributed by atoms with Crippen LogP contribution in [-0.4, -0.2) is 41.9 Å². The lowest BCUT2D eigenvalue weighted by molar-refractivity contribution is -0.00709. The van der Waals surface area contributed by atoms with E-state index in [1.54, 1.807) is 7.11 Å². The van der Waals surface area contributed by atoms with E-state index in [9.17, 15) is 4.79 Å². The summed E-state index contributed by atoms with van der Waals surface area (Å²) in [5.41, 5.74) is 0.653. The number of ether oxygens (including phenoxy) is 3. The minimum Gasteiger partial charge on any atom is -0.490 e. The second-order valence-electron chi connectivity index (χ2n) is 8.06. The molecule has 138 valence electrons. The first-order valence-corrected chi connectivity index (χ1v) is 9.11. The van der Waals surface area contributed by atoms with Gasteiger partial charge in [-0.15, -0.1) is 0 Å². The van der Waals surface area contributed by atoms with Crippen LogP contribution in [0.4, 0.5) is 4.79 Å². The molecule has 2 aliphatic heterocycles. The van der Waals surface area contributed by atoms with Crippen LogP contribution in [0, 0.1) is 0 Å². The molecule has 1 aromatic carbocycles. The maximum Gasteiger partial charge on any atom is 0.410 e. The van der Waals surface area contributed by atoms with Gasteiger partial charge in [0.15, 0.2) is 0 Å². The number of piperidine rings is 1. The maximum absolute atomic E-state index is 12.5. The Morgan fingerprint density at radius 1 is 1.20 bits per heavy atom. The number of methoxy groups -OCH3 is 1. The van der Waals surface area contributed by atoms with E-state index >= 15 is 0 Å². The fourth-order valence-electron chi connectivity index (χ4n) is 3.90. The second kappa shape index (κ2) is 7.24. The highest BCUT2D eigenvalue weighted by Crippen LogP contribution is 2.38. The number of nitrogens with zero attached hydrogens (tertiary/aromatic N) is 1. The van der Waals surface area contributed by atoms with Crippen LogP contribution in [0.2, 0.25) is 0 Å². The lowest BCUT2D eigenvalue weighted by Gasteiger charge is -2.39. The van der Waals surface area contributed by atoms with E-state index in [0.29, 0.717) is 6.61 Å². The van der Waals surface area contributed by atoms with Gasteiger partial charge in [0.25, 0.3) is 0 Å². The zero-order chi connectivity index (χ0) is 18.0. The van der Waals surface area contributed by atoms with Gasteiger partial charge in [-0.1, -0.05) is 12.1 Å². The second-order valence-corrected chi connectivity index (χ2v) is 8.06. The minimum absolute atomic E-state index is 0.147. The number of carbonyl (C=O) groups excluding carboxylic acids is 1. The molecule has 1 amide bonds. The standard InChI is InChI=1S/C20H29NO4/c1-20(2,3)25-19(22)21-15-8-9-16(21)12-18(11-15)24-17-7-5-6-14(10-17)13-23-4/h5-7,10,15-16,18H,8-9,11-13H2,1-4H3/t15-,16+,18+. The van der Waals surface area contributed by atoms with E-state index in [0.717, 1.165) is 37.0 Å². The molecular weight excluding hydrogens is 318 g/mol. The number of amides is 1. The number of fused-ring (bicyclic) bond motifs is 2. The third-order valence-electron chi connectivity index (χ3n) is 4.81. The normalized spacial score (nSPS) is 25.8. The minimum atomic E-state index is -0.453. The highest BCUT2D eigenvalue weighted by molar-refractivity contribution is 5.69. The molecule has 0 saturated carbocycles. The highest BCUT2D eigenvalue weighted by atomic mass is 16.6. The summed E-state index contributed by atoms with van der Waals surface area (Å²) in [7, 11) is 1.69. The van der Waals surface area contributed by atoms with Gasteiger partial charge in [0, 0.05) is 32.0 Å². The summed E-state index contributed by atoms with van der Waals surface area (Å²) in [6, 6.07) is 8.49. The lowest BCUT2D eigenvalue weighted by atomic mass is 10.00. The molecule has 0 aliphatic carbocycles. The van der Waals surface area contributed by atoms with Crippen LogP contribution in [0.5, 0.6) is 5.75 Å². The summed E-state index contributed by atoms with van der Waals surface area (Å²) in [6.45, 7) is 6.32. The van der Waals surface area contributed by atoms with Gasteiger partial charge in [-0.2, -0.15) is 0 Å². The topological polar surface area (TPSA) is 48.0 Å². The van der Waals surface area contributed by atoms with E-state index in [4.69, 9.17) is 14.2 Å². The third-order valence-corrected chi connectivity index (χ3v) is 4.81. The fraction of sp³-hybridized carbons (Fsp3) is 0.650. The van der Waals surface area contributed by atoms with Gasteiger partial charge in [0.2, 0.25) is 0 Å². The largest absolute Gasteiger partial charge is 0.490 e. The molecule has 2 saturated heterocycles. The highest BCUT2D eigenvalue weighted by Gasteiger charge is 2.45. The van der Waals surface area contributed by atoms with Crippen molar-refractivity contribution in [1.82, 2.24) is 4.90 Å². The van der Waals surface area contributed by atoms with Crippen LogP contribution in [0.3, 0.4) is 0 Å². The quantitative estimate of drug-likeness (QED) is 0.821. The summed E-state index contributed by atoms with van der Waals surface area (Å²) < 4.78 is 17.0. The molecule has 2 heterocycles. The zero-order valence-corrected chi connectivity index (χ0v) is 15.7. The van der Waals surface area contributed by atoms with Crippen molar-refractivity contribution in [3.63, 3.8) is 0 Å². The monoisotopic (exact) mass is 347 g/mol. The molecule has 0 spiro atoms. The fourth-order valence-corrected chi connectivity index (χ4v) is 3.90. The number of rotatable bonds is 4. The van der Waals surface area contributed by atoms with Crippen molar-refractivity contribution in [2.45, 2.75) is 76.9 Å². The molecule has 0 radical (unpaired) electrons. The van der Waals surface area contributed by atoms with Gasteiger partial charge in [0.1, 0.15) is 17.5 Å². The van der Waals surface area contributed by atoms with E-state index in [-0.39, 0.29) is 24.3 Å². The van der Waals surface area contributed by atoms with E-state index in [1.807, 2.05) is 49.9 Å². The molecule has 1 aromatic rings. The molecule has 2 bridgehead atoms. The Morgan fingerprint density at radius 3 is 2.48 bits per heavy atom. The molecule has 0 unspecified atom stereocenters. The van der Waals surface area contributed by atoms with Gasteiger partial charge in [-0.25, -0.2) is 4.79 Å². The molecule has 5 nitrogen and oxygen atoms in total. The number of benzene rings is 1. The van der Waals surface area contributed by atoms with Crippen LogP contribution < -0.4 is 4.74 Å². The Labute approximate surface area is 150 Å². The smallest absolute Gasteiger partial charge is 0.410 e. The molecule has 2 fully saturated rings. The van der Waals surface area contributed by atoms with Gasteiger partial charge in [-0.3, -0.25) is 0 Å². The molecule has 25 heavy (non-hydrogen) atoms. The average Bonchev–Trinajstić information content (AvgIpc) is 2.78. The first-order valence-electron chi connectivity index (χ1n) is 9.11. The van der Waals surface area contributed by atoms with E-state index < -0.39 is 5.60 Å². The van der Waals surface area contributed by atoms with Gasteiger partial charge in [-0.05, 0) is 51.3 Å². The zero-order valence-electron chi connectivity index (χ0n) is 15.7. The van der Waals surface area contributed by atoms with Crippen molar-refractivity contribution in [2.24, 2.45) is 0 Å². The summed E-state index contributed by atoms with van der Waals surface area (Å²) in [6.07, 6.45) is 3.77. The Bertz CT molecular complexity index is 596. The van der Waals surface area contributed by atoms with Gasteiger partial charge < -0.3 is 19.1 Å². The van der Waals surface area contributed by atoms with Crippen molar-refractivity contribution in [3.05, 3.63) is 29.8 Å². The summed E-state index contributed by atoms with van der Waals surface area (Å²) in [4.78, 5) is 14.5. The van der Waals surface area contributed by atoms with E-state index in [2.05, 4.69) is 0 Å². The number of carbonyl (C=O) groups is 1. The van der Waals surface area contributed by atoms with E-state index in [1.165, 1.54) is 0 Å². The molecule has 3 atom stereocenters. The Kier molecular flexibility index (Phi) is 5.23. The summed E-state index contributed by atoms with van der Waals surface area (Å²) in [5.74, 6) is 0.879. The maximum atomic E-state index is 12.5. The molecule has 0 aromatic heterocycles. The first kappa shape index (κ1) is 18.1. The van der Waals surface area contributed by atoms with Gasteiger partial charge >= 0.3 is 6.09 Å². The Morgan fingerprint density at radius 2 is 1.88 bits per heavy atom. The molecule has 2 aliphatic rings. The van der Waals surface area contributed by atoms with Crippen molar-refractivity contribution in [2.75, 3.05) is 7.11 Å². The summed E-state index contributed by atoms with van der Waals surface area (Å²) in [5, 5.41) is 0. The van der Waals surface area contributed by atoms with Gasteiger partial charge in [0.05, 0.1) is 6.61 Å². The van der Waals surface area contributed by atoms with Crippen molar-refractivity contribution < 1.29 is 19.0 Å². The Balaban J connectivity index is 1.62. The molecule has 5 heteroatoms. The van der Waals surface area contributed by atoms with Crippen LogP contribution in [0.1, 0.15) is 52.0 Å². The Hall–Kier alpha value is -1.75. The molecular formula is C20H29NO4.